The van der Waals surface area contributed by atoms with Gasteiger partial charge in [-0.25, -0.2) is 4.79 Å². The van der Waals surface area contributed by atoms with Crippen LogP contribution in [-0.4, -0.2) is 41.1 Å². The minimum atomic E-state index is -0.741. The van der Waals surface area contributed by atoms with E-state index in [9.17, 15) is 9.59 Å². The molecule has 114 valence electrons. The summed E-state index contributed by atoms with van der Waals surface area (Å²) in [5, 5.41) is 11.5. The first-order chi connectivity index (χ1) is 9.68. The van der Waals surface area contributed by atoms with Crippen LogP contribution >= 0.6 is 0 Å². The Morgan fingerprint density at radius 3 is 2.70 bits per heavy atom. The molecule has 1 saturated carbocycles. The van der Waals surface area contributed by atoms with Crippen LogP contribution in [0.2, 0.25) is 0 Å². The molecule has 2 rings (SSSR count). The highest BCUT2D eigenvalue weighted by Crippen LogP contribution is 2.35. The molecule has 0 aromatic carbocycles. The lowest BCUT2D eigenvalue weighted by molar-refractivity contribution is -0.137. The molecule has 2 unspecified atom stereocenters. The van der Waals surface area contributed by atoms with Crippen molar-refractivity contribution >= 4 is 12.0 Å². The third kappa shape index (κ3) is 4.12. The number of nitrogens with one attached hydrogen (secondary N) is 1. The van der Waals surface area contributed by atoms with Gasteiger partial charge in [-0.15, -0.1) is 0 Å². The fourth-order valence-electron chi connectivity index (χ4n) is 3.53. The summed E-state index contributed by atoms with van der Waals surface area (Å²) in [6.45, 7) is 1.56. The number of hydrogen-bond acceptors (Lipinski definition) is 2. The van der Waals surface area contributed by atoms with E-state index in [1.807, 2.05) is 4.90 Å². The molecule has 0 aromatic heterocycles. The summed E-state index contributed by atoms with van der Waals surface area (Å²) in [5.74, 6) is -0.0143. The van der Waals surface area contributed by atoms with Crippen LogP contribution in [0, 0.1) is 5.92 Å². The zero-order valence-corrected chi connectivity index (χ0v) is 12.1. The van der Waals surface area contributed by atoms with Crippen molar-refractivity contribution < 1.29 is 14.7 Å². The molecule has 1 aliphatic heterocycles. The monoisotopic (exact) mass is 282 g/mol. The number of carbonyl (C=O) groups is 2. The molecule has 1 aliphatic carbocycles. The Kier molecular flexibility index (Phi) is 5.68. The minimum absolute atomic E-state index is 0.0811. The highest BCUT2D eigenvalue weighted by atomic mass is 16.4. The van der Waals surface area contributed by atoms with Crippen LogP contribution in [0.15, 0.2) is 0 Å². The first kappa shape index (κ1) is 15.1. The predicted octanol–water partition coefficient (Wildman–Crippen LogP) is 2.61. The maximum absolute atomic E-state index is 12.2. The lowest BCUT2D eigenvalue weighted by atomic mass is 9.85. The van der Waals surface area contributed by atoms with E-state index in [0.717, 1.165) is 38.1 Å². The van der Waals surface area contributed by atoms with Crippen LogP contribution in [0.1, 0.15) is 57.8 Å². The van der Waals surface area contributed by atoms with Crippen LogP contribution in [0.3, 0.4) is 0 Å². The highest BCUT2D eigenvalue weighted by molar-refractivity contribution is 5.74. The van der Waals surface area contributed by atoms with E-state index in [1.165, 1.54) is 19.3 Å². The van der Waals surface area contributed by atoms with E-state index in [0.29, 0.717) is 19.0 Å². The van der Waals surface area contributed by atoms with Crippen molar-refractivity contribution in [1.29, 1.82) is 0 Å². The largest absolute Gasteiger partial charge is 0.481 e. The summed E-state index contributed by atoms with van der Waals surface area (Å²) in [6, 6.07) is 0.549. The molecule has 2 aliphatic rings. The third-order valence-electron chi connectivity index (χ3n) is 4.61. The van der Waals surface area contributed by atoms with Crippen LogP contribution < -0.4 is 5.32 Å². The number of carboxylic acid groups (broad SMARTS) is 1. The molecule has 0 spiro atoms. The topological polar surface area (TPSA) is 69.6 Å². The molecule has 0 radical (unpaired) electrons. The Morgan fingerprint density at radius 2 is 1.90 bits per heavy atom. The van der Waals surface area contributed by atoms with Crippen molar-refractivity contribution in [3.63, 3.8) is 0 Å². The second kappa shape index (κ2) is 7.50. The van der Waals surface area contributed by atoms with E-state index < -0.39 is 5.97 Å². The van der Waals surface area contributed by atoms with E-state index in [1.54, 1.807) is 0 Å². The number of aliphatic carboxylic acids is 1. The number of carboxylic acids is 1. The lowest BCUT2D eigenvalue weighted by Crippen LogP contribution is -2.45. The van der Waals surface area contributed by atoms with Gasteiger partial charge in [0.15, 0.2) is 0 Å². The fourth-order valence-corrected chi connectivity index (χ4v) is 3.53. The molecule has 1 heterocycles. The molecule has 2 atom stereocenters. The van der Waals surface area contributed by atoms with Gasteiger partial charge >= 0.3 is 12.0 Å². The Bertz CT molecular complexity index is 346. The van der Waals surface area contributed by atoms with Crippen molar-refractivity contribution in [2.75, 3.05) is 13.1 Å². The molecule has 1 saturated heterocycles. The normalized spacial score (nSPS) is 25.3. The number of nitrogens with zero attached hydrogens (tertiary/aromatic N) is 1. The van der Waals surface area contributed by atoms with E-state index in [4.69, 9.17) is 5.11 Å². The fraction of sp³-hybridized carbons (Fsp3) is 0.867. The zero-order valence-electron chi connectivity index (χ0n) is 12.1. The zero-order chi connectivity index (χ0) is 14.4. The van der Waals surface area contributed by atoms with Crippen LogP contribution in [0.5, 0.6) is 0 Å². The van der Waals surface area contributed by atoms with Gasteiger partial charge in [0, 0.05) is 25.6 Å². The number of carbonyl (C=O) groups excluding carboxylic acids is 1. The second-order valence-electron chi connectivity index (χ2n) is 6.03. The average Bonchev–Trinajstić information content (AvgIpc) is 2.86. The number of rotatable bonds is 6. The summed E-state index contributed by atoms with van der Waals surface area (Å²) in [6.07, 6.45) is 8.82. The van der Waals surface area contributed by atoms with Gasteiger partial charge < -0.3 is 15.3 Å². The first-order valence-electron chi connectivity index (χ1n) is 7.95. The maximum atomic E-state index is 12.2. The molecule has 0 aromatic rings. The van der Waals surface area contributed by atoms with Gasteiger partial charge in [-0.05, 0) is 38.0 Å². The van der Waals surface area contributed by atoms with Gasteiger partial charge in [0.2, 0.25) is 0 Å². The van der Waals surface area contributed by atoms with E-state index in [2.05, 4.69) is 5.32 Å². The van der Waals surface area contributed by atoms with Gasteiger partial charge in [-0.3, -0.25) is 4.79 Å². The average molecular weight is 282 g/mol. The quantitative estimate of drug-likeness (QED) is 0.736. The number of amides is 2. The molecule has 0 bridgehead atoms. The standard InChI is InChI=1S/C15H26N2O3/c18-14(19)8-2-1-5-10-16-15(20)17-11-9-12-6-3-4-7-13(12)17/h12-13H,1-11H2,(H,16,20)(H,18,19). The molecule has 2 amide bonds. The van der Waals surface area contributed by atoms with Crippen molar-refractivity contribution in [3.8, 4) is 0 Å². The summed E-state index contributed by atoms with van der Waals surface area (Å²) < 4.78 is 0. The molecule has 5 nitrogen and oxygen atoms in total. The van der Waals surface area contributed by atoms with E-state index in [-0.39, 0.29) is 12.5 Å². The van der Waals surface area contributed by atoms with Crippen LogP contribution in [0.4, 0.5) is 4.79 Å². The summed E-state index contributed by atoms with van der Waals surface area (Å²) in [5.41, 5.74) is 0. The smallest absolute Gasteiger partial charge is 0.317 e. The van der Waals surface area contributed by atoms with Crippen LogP contribution in [-0.2, 0) is 4.79 Å². The SMILES string of the molecule is O=C(O)CCCCCNC(=O)N1CCC2CCCCC21. The van der Waals surface area contributed by atoms with Crippen molar-refractivity contribution in [1.82, 2.24) is 10.2 Å². The van der Waals surface area contributed by atoms with Gasteiger partial charge in [0.05, 0.1) is 0 Å². The molecular formula is C15H26N2O3. The molecule has 5 heteroatoms. The number of likely N-dealkylation sites (tertiary alicyclic amines) is 1. The van der Waals surface area contributed by atoms with Gasteiger partial charge in [0.1, 0.15) is 0 Å². The summed E-state index contributed by atoms with van der Waals surface area (Å²) in [7, 11) is 0. The van der Waals surface area contributed by atoms with E-state index >= 15 is 0 Å². The molecule has 2 fully saturated rings. The first-order valence-corrected chi connectivity index (χ1v) is 7.95. The van der Waals surface area contributed by atoms with Crippen LogP contribution in [0.25, 0.3) is 0 Å². The van der Waals surface area contributed by atoms with Gasteiger partial charge in [-0.2, -0.15) is 0 Å². The Morgan fingerprint density at radius 1 is 1.10 bits per heavy atom. The van der Waals surface area contributed by atoms with Crippen molar-refractivity contribution in [2.24, 2.45) is 5.92 Å². The Balaban J connectivity index is 1.61. The van der Waals surface area contributed by atoms with Gasteiger partial charge in [-0.1, -0.05) is 19.3 Å². The Hall–Kier alpha value is -1.26. The second-order valence-corrected chi connectivity index (χ2v) is 6.03. The minimum Gasteiger partial charge on any atom is -0.481 e. The van der Waals surface area contributed by atoms with Crippen molar-refractivity contribution in [2.45, 2.75) is 63.8 Å². The highest BCUT2D eigenvalue weighted by Gasteiger charge is 2.37. The number of urea groups is 1. The summed E-state index contributed by atoms with van der Waals surface area (Å²) >= 11 is 0. The summed E-state index contributed by atoms with van der Waals surface area (Å²) in [4.78, 5) is 24.6. The lowest BCUT2D eigenvalue weighted by Gasteiger charge is -2.31. The molecule has 2 N–H and O–H groups in total. The Labute approximate surface area is 120 Å². The molecule has 20 heavy (non-hydrogen) atoms. The predicted molar refractivity (Wildman–Crippen MR) is 76.6 cm³/mol. The molecular weight excluding hydrogens is 256 g/mol. The third-order valence-corrected chi connectivity index (χ3v) is 4.61. The number of fused-ring (bicyclic) bond motifs is 1. The maximum Gasteiger partial charge on any atom is 0.317 e. The van der Waals surface area contributed by atoms with Gasteiger partial charge in [0.25, 0.3) is 0 Å². The number of unbranched alkanes of at least 4 members (excludes halogenated alkanes) is 2. The van der Waals surface area contributed by atoms with Crippen molar-refractivity contribution in [3.05, 3.63) is 0 Å². The number of hydrogen-bond donors (Lipinski definition) is 2.